The van der Waals surface area contributed by atoms with Gasteiger partial charge in [-0.2, -0.15) is 0 Å². The second-order valence-corrected chi connectivity index (χ2v) is 5.87. The van der Waals surface area contributed by atoms with Gasteiger partial charge >= 0.3 is 5.97 Å². The van der Waals surface area contributed by atoms with Crippen LogP contribution >= 0.6 is 0 Å². The van der Waals surface area contributed by atoms with Gasteiger partial charge in [-0.15, -0.1) is 0 Å². The Kier molecular flexibility index (Phi) is 6.78. The van der Waals surface area contributed by atoms with Crippen LogP contribution in [-0.2, 0) is 9.53 Å². The Hall–Kier alpha value is -2.82. The molecule has 0 aliphatic rings. The second-order valence-electron chi connectivity index (χ2n) is 5.87. The molecule has 2 aromatic carbocycles. The zero-order chi connectivity index (χ0) is 19.1. The van der Waals surface area contributed by atoms with Gasteiger partial charge in [-0.3, -0.25) is 4.79 Å². The van der Waals surface area contributed by atoms with E-state index in [9.17, 15) is 4.79 Å². The molecule has 0 saturated heterocycles. The Morgan fingerprint density at radius 2 is 1.31 bits per heavy atom. The number of allylic oxidation sites excluding steroid dienone is 1. The van der Waals surface area contributed by atoms with E-state index in [1.54, 1.807) is 69.7 Å². The summed E-state index contributed by atoms with van der Waals surface area (Å²) in [5.41, 5.74) is 1.84. The van der Waals surface area contributed by atoms with E-state index in [1.165, 1.54) is 7.11 Å². The lowest BCUT2D eigenvalue weighted by Crippen LogP contribution is -2.13. The largest absolute Gasteiger partial charge is 0.497 e. The minimum Gasteiger partial charge on any atom is -0.497 e. The van der Waals surface area contributed by atoms with Gasteiger partial charge in [0, 0.05) is 12.0 Å². The third-order valence-electron chi connectivity index (χ3n) is 4.12. The number of rotatable bonds is 7. The van der Waals surface area contributed by atoms with E-state index in [2.05, 4.69) is 0 Å². The predicted octanol–water partition coefficient (Wildman–Crippen LogP) is 4.63. The van der Waals surface area contributed by atoms with Gasteiger partial charge in [0.15, 0.2) is 0 Å². The van der Waals surface area contributed by atoms with E-state index in [-0.39, 0.29) is 12.2 Å². The molecule has 0 aliphatic heterocycles. The molecule has 2 aromatic rings. The molecule has 1 unspecified atom stereocenters. The van der Waals surface area contributed by atoms with Crippen LogP contribution in [0, 0.1) is 5.92 Å². The van der Waals surface area contributed by atoms with Crippen LogP contribution in [0.25, 0.3) is 5.57 Å². The molecule has 2 rings (SSSR count). The predicted molar refractivity (Wildman–Crippen MR) is 98.9 cm³/mol. The fourth-order valence-electron chi connectivity index (χ4n) is 2.65. The summed E-state index contributed by atoms with van der Waals surface area (Å²) in [5.74, 6) is -0.0222. The van der Waals surface area contributed by atoms with E-state index in [0.29, 0.717) is 28.2 Å². The lowest BCUT2D eigenvalue weighted by Gasteiger charge is -2.14. The van der Waals surface area contributed by atoms with Gasteiger partial charge in [-0.1, -0.05) is 31.2 Å². The van der Waals surface area contributed by atoms with Crippen molar-refractivity contribution in [1.82, 2.24) is 0 Å². The normalized spacial score (nSPS) is 11.4. The van der Waals surface area contributed by atoms with Crippen molar-refractivity contribution >= 4 is 11.5 Å². The lowest BCUT2D eigenvalue weighted by atomic mass is 9.93. The summed E-state index contributed by atoms with van der Waals surface area (Å²) in [7, 11) is 4.45. The summed E-state index contributed by atoms with van der Waals surface area (Å²) >= 11 is 0. The lowest BCUT2D eigenvalue weighted by molar-refractivity contribution is -0.144. The number of halogens is 1. The highest BCUT2D eigenvalue weighted by atomic mass is 19.1. The number of hydrogen-bond donors (Lipinski definition) is 0. The summed E-state index contributed by atoms with van der Waals surface area (Å²) in [6.07, 6.45) is -0.0416. The van der Waals surface area contributed by atoms with Crippen molar-refractivity contribution in [3.8, 4) is 11.5 Å². The van der Waals surface area contributed by atoms with Crippen molar-refractivity contribution in [3.63, 3.8) is 0 Å². The molecule has 0 heterocycles. The summed E-state index contributed by atoms with van der Waals surface area (Å²) < 4.78 is 30.2. The molecule has 0 amide bonds. The van der Waals surface area contributed by atoms with Crippen LogP contribution in [0.2, 0.25) is 0 Å². The van der Waals surface area contributed by atoms with Gasteiger partial charge < -0.3 is 14.2 Å². The van der Waals surface area contributed by atoms with Crippen molar-refractivity contribution in [2.75, 3.05) is 21.3 Å². The van der Waals surface area contributed by atoms with Crippen molar-refractivity contribution < 1.29 is 23.4 Å². The Balaban J connectivity index is 2.48. The number of ether oxygens (including phenoxy) is 3. The van der Waals surface area contributed by atoms with Gasteiger partial charge in [0.05, 0.1) is 27.2 Å². The molecule has 0 bridgehead atoms. The molecule has 0 aromatic heterocycles. The average Bonchev–Trinajstić information content (AvgIpc) is 2.68. The molecular formula is C21H23FO4. The highest BCUT2D eigenvalue weighted by molar-refractivity contribution is 5.82. The Morgan fingerprint density at radius 1 is 0.885 bits per heavy atom. The van der Waals surface area contributed by atoms with Crippen molar-refractivity contribution in [2.24, 2.45) is 5.92 Å². The zero-order valence-electron chi connectivity index (χ0n) is 15.4. The average molecular weight is 358 g/mol. The van der Waals surface area contributed by atoms with E-state index in [0.717, 1.165) is 0 Å². The van der Waals surface area contributed by atoms with Crippen LogP contribution < -0.4 is 9.47 Å². The molecule has 0 fully saturated rings. The maximum Gasteiger partial charge on any atom is 0.308 e. The van der Waals surface area contributed by atoms with Crippen LogP contribution in [0.3, 0.4) is 0 Å². The molecule has 5 heteroatoms. The van der Waals surface area contributed by atoms with Gasteiger partial charge in [-0.05, 0) is 35.4 Å². The summed E-state index contributed by atoms with van der Waals surface area (Å²) in [5, 5.41) is 0. The summed E-state index contributed by atoms with van der Waals surface area (Å²) in [4.78, 5) is 11.7. The van der Waals surface area contributed by atoms with Crippen molar-refractivity contribution in [1.29, 1.82) is 0 Å². The Bertz CT molecular complexity index is 714. The summed E-state index contributed by atoms with van der Waals surface area (Å²) in [6.45, 7) is 1.64. The van der Waals surface area contributed by atoms with Crippen LogP contribution in [0.5, 0.6) is 11.5 Å². The standard InChI is InChI=1S/C21H23FO4/c1-14(21(23)26-4)13-19(22)20(15-5-9-17(24-2)10-6-15)16-7-11-18(25-3)12-8-16/h5-12,14H,13H2,1-4H3. The highest BCUT2D eigenvalue weighted by Crippen LogP contribution is 2.33. The monoisotopic (exact) mass is 358 g/mol. The van der Waals surface area contributed by atoms with Crippen LogP contribution in [-0.4, -0.2) is 27.3 Å². The van der Waals surface area contributed by atoms with Crippen LogP contribution in [0.4, 0.5) is 4.39 Å². The molecule has 138 valence electrons. The first-order valence-electron chi connectivity index (χ1n) is 8.25. The number of esters is 1. The molecule has 0 radical (unpaired) electrons. The Labute approximate surface area is 153 Å². The fraction of sp³-hybridized carbons (Fsp3) is 0.286. The maximum atomic E-state index is 15.2. The Morgan fingerprint density at radius 3 is 1.65 bits per heavy atom. The van der Waals surface area contributed by atoms with Crippen molar-refractivity contribution in [3.05, 3.63) is 65.5 Å². The molecule has 4 nitrogen and oxygen atoms in total. The topological polar surface area (TPSA) is 44.8 Å². The van der Waals surface area contributed by atoms with E-state index in [4.69, 9.17) is 14.2 Å². The van der Waals surface area contributed by atoms with E-state index < -0.39 is 11.9 Å². The molecule has 1 atom stereocenters. The quantitative estimate of drug-likeness (QED) is 0.677. The van der Waals surface area contributed by atoms with Crippen LogP contribution in [0.15, 0.2) is 54.4 Å². The van der Waals surface area contributed by atoms with E-state index >= 15 is 4.39 Å². The van der Waals surface area contributed by atoms with Crippen molar-refractivity contribution in [2.45, 2.75) is 13.3 Å². The minimum absolute atomic E-state index is 0.0416. The van der Waals surface area contributed by atoms with Crippen LogP contribution in [0.1, 0.15) is 24.5 Å². The van der Waals surface area contributed by atoms with Gasteiger partial charge in [0.25, 0.3) is 0 Å². The fourth-order valence-corrected chi connectivity index (χ4v) is 2.65. The third-order valence-corrected chi connectivity index (χ3v) is 4.12. The summed E-state index contributed by atoms with van der Waals surface area (Å²) in [6, 6.07) is 14.3. The highest BCUT2D eigenvalue weighted by Gasteiger charge is 2.20. The second kappa shape index (κ2) is 9.04. The van der Waals surface area contributed by atoms with Gasteiger partial charge in [0.2, 0.25) is 0 Å². The van der Waals surface area contributed by atoms with Gasteiger partial charge in [0.1, 0.15) is 17.3 Å². The number of carbonyl (C=O) groups is 1. The SMILES string of the molecule is COC(=O)C(C)CC(F)=C(c1ccc(OC)cc1)c1ccc(OC)cc1. The molecule has 0 N–H and O–H groups in total. The molecule has 0 spiro atoms. The molecule has 26 heavy (non-hydrogen) atoms. The zero-order valence-corrected chi connectivity index (χ0v) is 15.4. The first-order valence-corrected chi connectivity index (χ1v) is 8.25. The number of methoxy groups -OCH3 is 3. The van der Waals surface area contributed by atoms with E-state index in [1.807, 2.05) is 0 Å². The molecular weight excluding hydrogens is 335 g/mol. The number of benzene rings is 2. The molecule has 0 aliphatic carbocycles. The smallest absolute Gasteiger partial charge is 0.308 e. The minimum atomic E-state index is -0.577. The molecule has 0 saturated carbocycles. The first-order chi connectivity index (χ1) is 12.5. The third kappa shape index (κ3) is 4.63. The number of carbonyl (C=O) groups excluding carboxylic acids is 1. The van der Waals surface area contributed by atoms with Gasteiger partial charge in [-0.25, -0.2) is 4.39 Å². The maximum absolute atomic E-state index is 15.2. The first kappa shape index (κ1) is 19.5. The number of hydrogen-bond acceptors (Lipinski definition) is 4.